The van der Waals surface area contributed by atoms with Crippen LogP contribution >= 0.6 is 0 Å². The molecule has 0 spiro atoms. The Morgan fingerprint density at radius 2 is 1.55 bits per heavy atom. The molecule has 22 heavy (non-hydrogen) atoms. The van der Waals surface area contributed by atoms with Crippen LogP contribution in [0.4, 0.5) is 0 Å². The van der Waals surface area contributed by atoms with Gasteiger partial charge >= 0.3 is 0 Å². The van der Waals surface area contributed by atoms with Crippen molar-refractivity contribution >= 4 is 0 Å². The van der Waals surface area contributed by atoms with Crippen molar-refractivity contribution in [2.75, 3.05) is 0 Å². The van der Waals surface area contributed by atoms with Gasteiger partial charge in [0.05, 0.1) is 18.5 Å². The number of nitrogens with zero attached hydrogens (tertiary/aromatic N) is 2. The molecule has 0 aliphatic carbocycles. The Hall–Kier alpha value is -0.790. The summed E-state index contributed by atoms with van der Waals surface area (Å²) in [5, 5.41) is 0. The van der Waals surface area contributed by atoms with Gasteiger partial charge in [-0.25, -0.2) is 9.13 Å². The topological polar surface area (TPSA) is 8.81 Å². The first-order valence-corrected chi connectivity index (χ1v) is 9.71. The van der Waals surface area contributed by atoms with Gasteiger partial charge in [0.25, 0.3) is 5.82 Å². The van der Waals surface area contributed by atoms with Gasteiger partial charge in [0, 0.05) is 0 Å². The van der Waals surface area contributed by atoms with Crippen molar-refractivity contribution in [1.29, 1.82) is 0 Å². The molecule has 1 unspecified atom stereocenters. The lowest BCUT2D eigenvalue weighted by atomic mass is 10.1. The van der Waals surface area contributed by atoms with Gasteiger partial charge in [0.2, 0.25) is 0 Å². The average molecular weight is 308 g/mol. The van der Waals surface area contributed by atoms with E-state index < -0.39 is 0 Å². The van der Waals surface area contributed by atoms with Gasteiger partial charge in [-0.05, 0) is 26.2 Å². The van der Waals surface area contributed by atoms with Crippen LogP contribution in [0.2, 0.25) is 0 Å². The normalized spacial score (nSPS) is 13.0. The molecule has 0 aliphatic heterocycles. The maximum atomic E-state index is 2.51. The molecule has 128 valence electrons. The number of hydrogen-bond donors (Lipinski definition) is 0. The molecule has 0 fully saturated rings. The molecule has 1 atom stereocenters. The molecule has 0 amide bonds. The number of aromatic nitrogens is 2. The van der Waals surface area contributed by atoms with E-state index in [1.165, 1.54) is 70.2 Å². The minimum atomic E-state index is 0.596. The van der Waals surface area contributed by atoms with E-state index in [1.807, 2.05) is 0 Å². The first-order valence-electron chi connectivity index (χ1n) is 9.71. The molecule has 0 radical (unpaired) electrons. The molecule has 2 nitrogen and oxygen atoms in total. The number of hydrogen-bond acceptors (Lipinski definition) is 0. The second-order valence-corrected chi connectivity index (χ2v) is 7.17. The van der Waals surface area contributed by atoms with Gasteiger partial charge in [0.1, 0.15) is 12.4 Å². The van der Waals surface area contributed by atoms with Gasteiger partial charge in [0.15, 0.2) is 0 Å². The Bertz CT molecular complexity index is 392. The van der Waals surface area contributed by atoms with E-state index in [4.69, 9.17) is 0 Å². The monoisotopic (exact) mass is 307 g/mol. The van der Waals surface area contributed by atoms with Crippen molar-refractivity contribution in [2.45, 2.75) is 111 Å². The standard InChI is InChI=1S/C20H39N2/c1-6-8-9-10-11-12-13-15-21-16-17-22(19(5)14-7-2)20(21)18(3)4/h16-19H,6-15H2,1-5H3/q+1. The number of unbranched alkanes of at least 4 members (excludes halogenated alkanes) is 6. The van der Waals surface area contributed by atoms with Gasteiger partial charge in [-0.1, -0.05) is 66.2 Å². The lowest BCUT2D eigenvalue weighted by molar-refractivity contribution is -0.727. The molecule has 0 saturated carbocycles. The maximum Gasteiger partial charge on any atom is 0.259 e. The quantitative estimate of drug-likeness (QED) is 0.330. The van der Waals surface area contributed by atoms with Crippen molar-refractivity contribution in [3.8, 4) is 0 Å². The molecular weight excluding hydrogens is 268 g/mol. The number of rotatable bonds is 12. The van der Waals surface area contributed by atoms with Crippen molar-refractivity contribution in [3.63, 3.8) is 0 Å². The van der Waals surface area contributed by atoms with Crippen LogP contribution < -0.4 is 4.57 Å². The minimum absolute atomic E-state index is 0.596. The summed E-state index contributed by atoms with van der Waals surface area (Å²) in [4.78, 5) is 0. The Kier molecular flexibility index (Phi) is 9.50. The summed E-state index contributed by atoms with van der Waals surface area (Å²) in [7, 11) is 0. The summed E-state index contributed by atoms with van der Waals surface area (Å²) in [5.74, 6) is 2.10. The zero-order valence-electron chi connectivity index (χ0n) is 15.8. The highest BCUT2D eigenvalue weighted by Gasteiger charge is 2.23. The molecule has 1 aromatic rings. The number of imidazole rings is 1. The molecule has 1 rings (SSSR count). The van der Waals surface area contributed by atoms with Crippen LogP contribution in [-0.2, 0) is 6.54 Å². The largest absolute Gasteiger partial charge is 0.259 e. The SMILES string of the molecule is CCCCCCCCCn1cc[n+](C(C)CCC)c1C(C)C. The molecule has 0 bridgehead atoms. The summed E-state index contributed by atoms with van der Waals surface area (Å²) in [6.07, 6.45) is 16.8. The molecule has 2 heteroatoms. The third-order valence-electron chi connectivity index (χ3n) is 4.67. The maximum absolute atomic E-state index is 2.51. The first kappa shape index (κ1) is 19.3. The lowest BCUT2D eigenvalue weighted by Gasteiger charge is -2.13. The Morgan fingerprint density at radius 1 is 0.909 bits per heavy atom. The van der Waals surface area contributed by atoms with E-state index >= 15 is 0 Å². The van der Waals surface area contributed by atoms with E-state index in [0.29, 0.717) is 12.0 Å². The average Bonchev–Trinajstić information content (AvgIpc) is 2.90. The summed E-state index contributed by atoms with van der Waals surface area (Å²) in [5.41, 5.74) is 0. The zero-order valence-corrected chi connectivity index (χ0v) is 15.8. The second-order valence-electron chi connectivity index (χ2n) is 7.17. The van der Waals surface area contributed by atoms with Crippen molar-refractivity contribution < 1.29 is 4.57 Å². The molecule has 1 aromatic heterocycles. The second kappa shape index (κ2) is 10.9. The fourth-order valence-corrected chi connectivity index (χ4v) is 3.44. The first-order chi connectivity index (χ1) is 10.6. The van der Waals surface area contributed by atoms with Crippen LogP contribution in [0.25, 0.3) is 0 Å². The molecule has 1 heterocycles. The number of aryl methyl sites for hydroxylation is 1. The van der Waals surface area contributed by atoms with Gasteiger partial charge in [-0.3, -0.25) is 0 Å². The van der Waals surface area contributed by atoms with E-state index in [-0.39, 0.29) is 0 Å². The Morgan fingerprint density at radius 3 is 2.14 bits per heavy atom. The van der Waals surface area contributed by atoms with Crippen LogP contribution in [0.3, 0.4) is 0 Å². The van der Waals surface area contributed by atoms with Gasteiger partial charge in [-0.15, -0.1) is 0 Å². The minimum Gasteiger partial charge on any atom is -0.234 e. The van der Waals surface area contributed by atoms with E-state index in [9.17, 15) is 0 Å². The summed E-state index contributed by atoms with van der Waals surface area (Å²) in [6, 6.07) is 0.623. The van der Waals surface area contributed by atoms with E-state index in [0.717, 1.165) is 0 Å². The van der Waals surface area contributed by atoms with Gasteiger partial charge in [-0.2, -0.15) is 0 Å². The van der Waals surface area contributed by atoms with Crippen LogP contribution in [0.1, 0.15) is 110 Å². The van der Waals surface area contributed by atoms with Crippen LogP contribution in [0.15, 0.2) is 12.4 Å². The predicted octanol–water partition coefficient (Wildman–Crippen LogP) is 6.01. The molecule has 0 aromatic carbocycles. The van der Waals surface area contributed by atoms with Crippen LogP contribution in [0.5, 0.6) is 0 Å². The fraction of sp³-hybridized carbons (Fsp3) is 0.850. The highest BCUT2D eigenvalue weighted by molar-refractivity contribution is 4.90. The lowest BCUT2D eigenvalue weighted by Crippen LogP contribution is -2.41. The Balaban J connectivity index is 2.49. The third-order valence-corrected chi connectivity index (χ3v) is 4.67. The van der Waals surface area contributed by atoms with E-state index in [2.05, 4.69) is 56.1 Å². The highest BCUT2D eigenvalue weighted by Crippen LogP contribution is 2.16. The zero-order chi connectivity index (χ0) is 16.4. The highest BCUT2D eigenvalue weighted by atomic mass is 15.2. The van der Waals surface area contributed by atoms with Crippen molar-refractivity contribution in [1.82, 2.24) is 4.57 Å². The van der Waals surface area contributed by atoms with E-state index in [1.54, 1.807) is 0 Å². The van der Waals surface area contributed by atoms with Crippen LogP contribution in [-0.4, -0.2) is 4.57 Å². The van der Waals surface area contributed by atoms with Gasteiger partial charge < -0.3 is 0 Å². The molecule has 0 saturated heterocycles. The van der Waals surface area contributed by atoms with Crippen LogP contribution in [0, 0.1) is 0 Å². The smallest absolute Gasteiger partial charge is 0.234 e. The molecule has 0 N–H and O–H groups in total. The molecule has 0 aliphatic rings. The van der Waals surface area contributed by atoms with Crippen molar-refractivity contribution in [2.24, 2.45) is 0 Å². The summed E-state index contributed by atoms with van der Waals surface area (Å²) >= 11 is 0. The van der Waals surface area contributed by atoms with Crippen molar-refractivity contribution in [3.05, 3.63) is 18.2 Å². The summed E-state index contributed by atoms with van der Waals surface area (Å²) < 4.78 is 5.01. The predicted molar refractivity (Wildman–Crippen MR) is 96.3 cm³/mol. The Labute approximate surface area is 138 Å². The summed E-state index contributed by atoms with van der Waals surface area (Å²) in [6.45, 7) is 12.8. The molecular formula is C20H39N2+. The fourth-order valence-electron chi connectivity index (χ4n) is 3.44. The third kappa shape index (κ3) is 6.14.